The van der Waals surface area contributed by atoms with Crippen molar-refractivity contribution in [2.75, 3.05) is 5.32 Å². The number of aryl methyl sites for hydroxylation is 2. The molecule has 0 saturated heterocycles. The second-order valence-corrected chi connectivity index (χ2v) is 6.95. The van der Waals surface area contributed by atoms with Crippen LogP contribution in [0.15, 0.2) is 10.9 Å². The van der Waals surface area contributed by atoms with Crippen LogP contribution in [0.2, 0.25) is 0 Å². The SMILES string of the molecule is Cc1cc(NC(=O)C(=O)NC2CCCCC2)n(-c2nc(C)c(C)c(=O)[nH]2)n1. The number of anilines is 1. The molecule has 0 unspecified atom stereocenters. The normalized spacial score (nSPS) is 14.8. The van der Waals surface area contributed by atoms with E-state index < -0.39 is 11.8 Å². The second-order valence-electron chi connectivity index (χ2n) is 6.95. The van der Waals surface area contributed by atoms with Gasteiger partial charge in [0.1, 0.15) is 5.82 Å². The van der Waals surface area contributed by atoms with Crippen LogP contribution in [0.25, 0.3) is 5.95 Å². The van der Waals surface area contributed by atoms with Gasteiger partial charge in [0.05, 0.1) is 5.69 Å². The lowest BCUT2D eigenvalue weighted by Crippen LogP contribution is -2.42. The molecule has 0 bridgehead atoms. The molecule has 0 aliphatic heterocycles. The lowest BCUT2D eigenvalue weighted by atomic mass is 9.95. The molecule has 0 radical (unpaired) electrons. The first-order valence-electron chi connectivity index (χ1n) is 9.11. The van der Waals surface area contributed by atoms with Crippen molar-refractivity contribution in [3.63, 3.8) is 0 Å². The summed E-state index contributed by atoms with van der Waals surface area (Å²) in [5.74, 6) is -0.997. The highest BCUT2D eigenvalue weighted by atomic mass is 16.2. The first-order chi connectivity index (χ1) is 12.8. The van der Waals surface area contributed by atoms with Gasteiger partial charge < -0.3 is 10.6 Å². The highest BCUT2D eigenvalue weighted by Crippen LogP contribution is 2.18. The van der Waals surface area contributed by atoms with Gasteiger partial charge >= 0.3 is 11.8 Å². The maximum atomic E-state index is 12.3. The lowest BCUT2D eigenvalue weighted by Gasteiger charge is -2.22. The molecule has 2 heterocycles. The van der Waals surface area contributed by atoms with Crippen LogP contribution >= 0.6 is 0 Å². The highest BCUT2D eigenvalue weighted by molar-refractivity contribution is 6.39. The number of carbonyl (C=O) groups excluding carboxylic acids is 2. The molecule has 1 aliphatic carbocycles. The Bertz CT molecular complexity index is 924. The average molecular weight is 372 g/mol. The van der Waals surface area contributed by atoms with E-state index in [1.807, 2.05) is 0 Å². The molecule has 1 aliphatic rings. The van der Waals surface area contributed by atoms with Crippen LogP contribution in [0, 0.1) is 20.8 Å². The third-order valence-electron chi connectivity index (χ3n) is 4.80. The molecular weight excluding hydrogens is 348 g/mol. The van der Waals surface area contributed by atoms with Crippen LogP contribution in [0.1, 0.15) is 49.1 Å². The van der Waals surface area contributed by atoms with E-state index in [1.165, 1.54) is 4.68 Å². The van der Waals surface area contributed by atoms with Gasteiger partial charge in [-0.1, -0.05) is 19.3 Å². The van der Waals surface area contributed by atoms with Gasteiger partial charge in [-0.25, -0.2) is 4.98 Å². The van der Waals surface area contributed by atoms with Crippen LogP contribution in [0.4, 0.5) is 5.82 Å². The van der Waals surface area contributed by atoms with E-state index in [-0.39, 0.29) is 23.4 Å². The lowest BCUT2D eigenvalue weighted by molar-refractivity contribution is -0.136. The van der Waals surface area contributed by atoms with Gasteiger partial charge in [0.2, 0.25) is 5.95 Å². The van der Waals surface area contributed by atoms with Crippen molar-refractivity contribution in [2.45, 2.75) is 58.9 Å². The van der Waals surface area contributed by atoms with Gasteiger partial charge in [-0.2, -0.15) is 9.78 Å². The summed E-state index contributed by atoms with van der Waals surface area (Å²) in [6, 6.07) is 1.66. The first-order valence-corrected chi connectivity index (χ1v) is 9.11. The zero-order valence-electron chi connectivity index (χ0n) is 15.8. The molecule has 0 atom stereocenters. The maximum absolute atomic E-state index is 12.3. The number of amides is 2. The van der Waals surface area contributed by atoms with Crippen molar-refractivity contribution in [2.24, 2.45) is 0 Å². The van der Waals surface area contributed by atoms with E-state index in [9.17, 15) is 14.4 Å². The van der Waals surface area contributed by atoms with Crippen molar-refractivity contribution in [3.8, 4) is 5.95 Å². The van der Waals surface area contributed by atoms with Crippen LogP contribution in [0.3, 0.4) is 0 Å². The summed E-state index contributed by atoms with van der Waals surface area (Å²) in [6.07, 6.45) is 5.07. The summed E-state index contributed by atoms with van der Waals surface area (Å²) < 4.78 is 1.31. The van der Waals surface area contributed by atoms with Crippen LogP contribution in [-0.2, 0) is 9.59 Å². The maximum Gasteiger partial charge on any atom is 0.314 e. The monoisotopic (exact) mass is 372 g/mol. The number of hydrogen-bond donors (Lipinski definition) is 3. The predicted octanol–water partition coefficient (Wildman–Crippen LogP) is 1.27. The van der Waals surface area contributed by atoms with Gasteiger partial charge in [0, 0.05) is 23.4 Å². The number of nitrogens with one attached hydrogen (secondary N) is 3. The molecule has 1 fully saturated rings. The quantitative estimate of drug-likeness (QED) is 0.701. The topological polar surface area (TPSA) is 122 Å². The van der Waals surface area contributed by atoms with Crippen molar-refractivity contribution < 1.29 is 9.59 Å². The molecule has 2 aromatic rings. The Morgan fingerprint density at radius 3 is 2.52 bits per heavy atom. The molecular formula is C18H24N6O3. The molecule has 2 amide bonds. The molecule has 9 heteroatoms. The zero-order chi connectivity index (χ0) is 19.6. The van der Waals surface area contributed by atoms with Crippen molar-refractivity contribution in [3.05, 3.63) is 33.4 Å². The minimum absolute atomic E-state index is 0.0430. The van der Waals surface area contributed by atoms with Gasteiger partial charge in [-0.3, -0.25) is 19.4 Å². The molecule has 9 nitrogen and oxygen atoms in total. The summed E-state index contributed by atoms with van der Waals surface area (Å²) in [6.45, 7) is 5.14. The van der Waals surface area contributed by atoms with Crippen molar-refractivity contribution >= 4 is 17.6 Å². The molecule has 3 N–H and O–H groups in total. The minimum Gasteiger partial charge on any atom is -0.345 e. The second kappa shape index (κ2) is 7.73. The van der Waals surface area contributed by atoms with Crippen LogP contribution in [-0.4, -0.2) is 37.6 Å². The Kier molecular flexibility index (Phi) is 5.38. The van der Waals surface area contributed by atoms with E-state index in [0.29, 0.717) is 17.0 Å². The predicted molar refractivity (Wildman–Crippen MR) is 99.8 cm³/mol. The fourth-order valence-electron chi connectivity index (χ4n) is 3.15. The zero-order valence-corrected chi connectivity index (χ0v) is 15.8. The summed E-state index contributed by atoms with van der Waals surface area (Å²) in [5, 5.41) is 9.60. The number of rotatable bonds is 3. The van der Waals surface area contributed by atoms with E-state index in [2.05, 4.69) is 25.7 Å². The Morgan fingerprint density at radius 1 is 1.15 bits per heavy atom. The van der Waals surface area contributed by atoms with Gasteiger partial charge in [0.15, 0.2) is 0 Å². The van der Waals surface area contributed by atoms with Crippen molar-refractivity contribution in [1.82, 2.24) is 25.1 Å². The van der Waals surface area contributed by atoms with Crippen molar-refractivity contribution in [1.29, 1.82) is 0 Å². The first kappa shape index (κ1) is 18.8. The Balaban J connectivity index is 1.78. The molecule has 2 aromatic heterocycles. The Hall–Kier alpha value is -2.97. The number of H-pyrrole nitrogens is 1. The number of nitrogens with zero attached hydrogens (tertiary/aromatic N) is 3. The fraction of sp³-hybridized carbons (Fsp3) is 0.500. The van der Waals surface area contributed by atoms with Gasteiger partial charge in [0.25, 0.3) is 5.56 Å². The van der Waals surface area contributed by atoms with Crippen LogP contribution in [0.5, 0.6) is 0 Å². The smallest absolute Gasteiger partial charge is 0.314 e. The molecule has 1 saturated carbocycles. The van der Waals surface area contributed by atoms with Gasteiger partial charge in [-0.05, 0) is 33.6 Å². The minimum atomic E-state index is -0.770. The number of aromatic amines is 1. The summed E-state index contributed by atoms with van der Waals surface area (Å²) >= 11 is 0. The molecule has 0 spiro atoms. The van der Waals surface area contributed by atoms with Gasteiger partial charge in [-0.15, -0.1) is 0 Å². The number of aromatic nitrogens is 4. The summed E-state index contributed by atoms with van der Waals surface area (Å²) in [7, 11) is 0. The highest BCUT2D eigenvalue weighted by Gasteiger charge is 2.22. The largest absolute Gasteiger partial charge is 0.345 e. The summed E-state index contributed by atoms with van der Waals surface area (Å²) in [4.78, 5) is 43.5. The van der Waals surface area contributed by atoms with E-state index >= 15 is 0 Å². The fourth-order valence-corrected chi connectivity index (χ4v) is 3.15. The van der Waals surface area contributed by atoms with E-state index in [4.69, 9.17) is 0 Å². The van der Waals surface area contributed by atoms with E-state index in [1.54, 1.807) is 26.8 Å². The Morgan fingerprint density at radius 2 is 1.85 bits per heavy atom. The third kappa shape index (κ3) is 4.24. The number of hydrogen-bond acceptors (Lipinski definition) is 5. The average Bonchev–Trinajstić information content (AvgIpc) is 3.00. The molecule has 144 valence electrons. The molecule has 0 aromatic carbocycles. The molecule has 3 rings (SSSR count). The van der Waals surface area contributed by atoms with Crippen LogP contribution < -0.4 is 16.2 Å². The molecule has 27 heavy (non-hydrogen) atoms. The Labute approximate surface area is 156 Å². The standard InChI is InChI=1S/C18H24N6O3/c1-10-9-14(21-17(27)16(26)20-13-7-5-4-6-8-13)24(23-10)18-19-12(3)11(2)15(25)22-18/h9,13H,4-8H2,1-3H3,(H,20,26)(H,21,27)(H,19,22,25). The van der Waals surface area contributed by atoms with E-state index in [0.717, 1.165) is 32.1 Å². The number of carbonyl (C=O) groups is 2. The summed E-state index contributed by atoms with van der Waals surface area (Å²) in [5.41, 5.74) is 1.41. The third-order valence-corrected chi connectivity index (χ3v) is 4.80.